The van der Waals surface area contributed by atoms with Gasteiger partial charge in [0.2, 0.25) is 0 Å². The van der Waals surface area contributed by atoms with E-state index < -0.39 is 16.2 Å². The van der Waals surface area contributed by atoms with Crippen LogP contribution in [0.25, 0.3) is 11.0 Å². The van der Waals surface area contributed by atoms with Gasteiger partial charge in [-0.2, -0.15) is 0 Å². The van der Waals surface area contributed by atoms with E-state index in [9.17, 15) is 14.9 Å². The van der Waals surface area contributed by atoms with Gasteiger partial charge in [-0.05, 0) is 6.07 Å². The second kappa shape index (κ2) is 4.43. The molecule has 0 bridgehead atoms. The van der Waals surface area contributed by atoms with Crippen molar-refractivity contribution >= 4 is 45.7 Å². The number of halogens is 2. The van der Waals surface area contributed by atoms with E-state index in [-0.39, 0.29) is 26.9 Å². The Bertz CT molecular complexity index is 713. The van der Waals surface area contributed by atoms with E-state index in [1.165, 1.54) is 13.1 Å². The highest BCUT2D eigenvalue weighted by Crippen LogP contribution is 2.36. The fourth-order valence-electron chi connectivity index (χ4n) is 1.50. The molecule has 0 saturated heterocycles. The Labute approximate surface area is 110 Å². The molecular weight excluding hydrogens is 283 g/mol. The minimum absolute atomic E-state index is 0.00234. The van der Waals surface area contributed by atoms with E-state index in [2.05, 4.69) is 15.3 Å². The lowest BCUT2D eigenvalue weighted by Crippen LogP contribution is -2.14. The molecule has 0 radical (unpaired) electrons. The fraction of sp³-hybridized carbons (Fsp3) is 0.111. The van der Waals surface area contributed by atoms with Crippen LogP contribution in [0.5, 0.6) is 0 Å². The second-order valence-electron chi connectivity index (χ2n) is 3.34. The first kappa shape index (κ1) is 12.6. The molecule has 94 valence electrons. The zero-order chi connectivity index (χ0) is 13.4. The molecule has 1 heterocycles. The predicted molar refractivity (Wildman–Crippen MR) is 68.6 cm³/mol. The van der Waals surface area contributed by atoms with Gasteiger partial charge in [0, 0.05) is 7.05 Å². The van der Waals surface area contributed by atoms with Crippen LogP contribution in [0.2, 0.25) is 10.0 Å². The minimum atomic E-state index is -0.715. The molecule has 0 aliphatic carbocycles. The number of anilines is 1. The van der Waals surface area contributed by atoms with E-state index in [4.69, 9.17) is 23.2 Å². The second-order valence-corrected chi connectivity index (χ2v) is 4.12. The van der Waals surface area contributed by atoms with Crippen molar-refractivity contribution in [3.8, 4) is 0 Å². The van der Waals surface area contributed by atoms with Gasteiger partial charge in [0.05, 0.1) is 15.5 Å². The van der Waals surface area contributed by atoms with Crippen LogP contribution in [0.15, 0.2) is 10.9 Å². The summed E-state index contributed by atoms with van der Waals surface area (Å²) >= 11 is 11.5. The third kappa shape index (κ3) is 1.87. The summed E-state index contributed by atoms with van der Waals surface area (Å²) in [5.41, 5.74) is -0.920. The highest BCUT2D eigenvalue weighted by atomic mass is 35.5. The standard InChI is InChI=1S/C9H6Cl2N4O3/c1-12-8-9(16)14-6-4(13-8)2-3(10)5(11)7(6)15(17)18/h2H,1H3,(H,12,13)(H,14,16). The van der Waals surface area contributed by atoms with Crippen LogP contribution < -0.4 is 10.9 Å². The van der Waals surface area contributed by atoms with E-state index in [1.807, 2.05) is 0 Å². The van der Waals surface area contributed by atoms with Crippen molar-refractivity contribution < 1.29 is 4.92 Å². The van der Waals surface area contributed by atoms with Crippen molar-refractivity contribution in [2.24, 2.45) is 0 Å². The van der Waals surface area contributed by atoms with Gasteiger partial charge in [-0.3, -0.25) is 14.9 Å². The van der Waals surface area contributed by atoms with Crippen LogP contribution in [0.4, 0.5) is 11.5 Å². The molecule has 0 aliphatic rings. The monoisotopic (exact) mass is 288 g/mol. The molecule has 7 nitrogen and oxygen atoms in total. The maximum absolute atomic E-state index is 11.6. The van der Waals surface area contributed by atoms with Crippen LogP contribution in [-0.4, -0.2) is 21.9 Å². The number of rotatable bonds is 2. The van der Waals surface area contributed by atoms with Crippen LogP contribution in [0, 0.1) is 10.1 Å². The molecule has 0 amide bonds. The number of fused-ring (bicyclic) bond motifs is 1. The molecule has 9 heteroatoms. The number of aromatic amines is 1. The molecule has 2 rings (SSSR count). The normalized spacial score (nSPS) is 10.6. The van der Waals surface area contributed by atoms with Crippen molar-refractivity contribution in [3.63, 3.8) is 0 Å². The van der Waals surface area contributed by atoms with Gasteiger partial charge < -0.3 is 10.3 Å². The topological polar surface area (TPSA) is 101 Å². The Morgan fingerprint density at radius 3 is 2.72 bits per heavy atom. The number of nitrogens with zero attached hydrogens (tertiary/aromatic N) is 2. The third-order valence-corrected chi connectivity index (χ3v) is 3.06. The van der Waals surface area contributed by atoms with Crippen molar-refractivity contribution in [1.29, 1.82) is 0 Å². The number of H-pyrrole nitrogens is 1. The summed E-state index contributed by atoms with van der Waals surface area (Å²) in [6.45, 7) is 0. The zero-order valence-electron chi connectivity index (χ0n) is 8.95. The summed E-state index contributed by atoms with van der Waals surface area (Å²) in [5, 5.41) is 13.3. The lowest BCUT2D eigenvalue weighted by molar-refractivity contribution is -0.383. The van der Waals surface area contributed by atoms with Crippen LogP contribution in [0.3, 0.4) is 0 Å². The third-order valence-electron chi connectivity index (χ3n) is 2.28. The minimum Gasteiger partial charge on any atom is -0.369 e. The predicted octanol–water partition coefficient (Wildman–Crippen LogP) is 2.18. The number of nitro groups is 1. The molecule has 1 aromatic heterocycles. The molecule has 0 spiro atoms. The van der Waals surface area contributed by atoms with E-state index in [0.29, 0.717) is 0 Å². The quantitative estimate of drug-likeness (QED) is 0.651. The fourth-order valence-corrected chi connectivity index (χ4v) is 1.91. The smallest absolute Gasteiger partial charge is 0.314 e. The van der Waals surface area contributed by atoms with Gasteiger partial charge >= 0.3 is 5.69 Å². The van der Waals surface area contributed by atoms with Gasteiger partial charge in [-0.1, -0.05) is 23.2 Å². The van der Waals surface area contributed by atoms with Crippen molar-refractivity contribution in [3.05, 3.63) is 36.6 Å². The largest absolute Gasteiger partial charge is 0.369 e. The number of hydrogen-bond donors (Lipinski definition) is 2. The van der Waals surface area contributed by atoms with E-state index in [0.717, 1.165) is 0 Å². The van der Waals surface area contributed by atoms with E-state index in [1.54, 1.807) is 0 Å². The maximum atomic E-state index is 11.6. The van der Waals surface area contributed by atoms with Gasteiger partial charge in [0.15, 0.2) is 5.82 Å². The molecule has 0 saturated carbocycles. The first-order valence-corrected chi connectivity index (χ1v) is 5.45. The summed E-state index contributed by atoms with van der Waals surface area (Å²) in [6, 6.07) is 1.35. The molecule has 2 aromatic rings. The molecule has 0 fully saturated rings. The summed E-state index contributed by atoms with van der Waals surface area (Å²) < 4.78 is 0. The highest BCUT2D eigenvalue weighted by Gasteiger charge is 2.23. The van der Waals surface area contributed by atoms with Gasteiger partial charge in [-0.15, -0.1) is 0 Å². The Balaban J connectivity index is 2.97. The average Bonchev–Trinajstić information content (AvgIpc) is 2.30. The number of benzene rings is 1. The molecule has 18 heavy (non-hydrogen) atoms. The first-order chi connectivity index (χ1) is 8.45. The lowest BCUT2D eigenvalue weighted by atomic mass is 10.2. The SMILES string of the molecule is CNc1nc2cc(Cl)c(Cl)c([N+](=O)[O-])c2[nH]c1=O. The number of aromatic nitrogens is 2. The Morgan fingerprint density at radius 1 is 1.50 bits per heavy atom. The number of hydrogen-bond acceptors (Lipinski definition) is 5. The Kier molecular flexibility index (Phi) is 3.10. The lowest BCUT2D eigenvalue weighted by Gasteiger charge is -2.04. The first-order valence-electron chi connectivity index (χ1n) is 4.70. The summed E-state index contributed by atoms with van der Waals surface area (Å²) in [5.74, 6) is 0.0372. The van der Waals surface area contributed by atoms with Crippen molar-refractivity contribution in [2.75, 3.05) is 12.4 Å². The molecule has 0 atom stereocenters. The summed E-state index contributed by atoms with van der Waals surface area (Å²) in [6.07, 6.45) is 0. The molecule has 0 unspecified atom stereocenters. The summed E-state index contributed by atoms with van der Waals surface area (Å²) in [4.78, 5) is 28.1. The molecular formula is C9H6Cl2N4O3. The molecule has 0 aliphatic heterocycles. The van der Waals surface area contributed by atoms with Crippen LogP contribution >= 0.6 is 23.2 Å². The highest BCUT2D eigenvalue weighted by molar-refractivity contribution is 6.44. The maximum Gasteiger partial charge on any atom is 0.314 e. The number of nitro benzene ring substituents is 1. The van der Waals surface area contributed by atoms with Gasteiger partial charge in [0.25, 0.3) is 5.56 Å². The molecule has 2 N–H and O–H groups in total. The van der Waals surface area contributed by atoms with Crippen molar-refractivity contribution in [1.82, 2.24) is 9.97 Å². The van der Waals surface area contributed by atoms with E-state index >= 15 is 0 Å². The molecule has 1 aromatic carbocycles. The zero-order valence-corrected chi connectivity index (χ0v) is 10.5. The average molecular weight is 289 g/mol. The van der Waals surface area contributed by atoms with Gasteiger partial charge in [0.1, 0.15) is 10.5 Å². The summed E-state index contributed by atoms with van der Waals surface area (Å²) in [7, 11) is 1.51. The van der Waals surface area contributed by atoms with Crippen molar-refractivity contribution in [2.45, 2.75) is 0 Å². The Morgan fingerprint density at radius 2 is 2.17 bits per heavy atom. The Hall–Kier alpha value is -1.86. The number of nitrogens with one attached hydrogen (secondary N) is 2. The van der Waals surface area contributed by atoms with Crippen LogP contribution in [0.1, 0.15) is 0 Å². The van der Waals surface area contributed by atoms with Crippen LogP contribution in [-0.2, 0) is 0 Å². The van der Waals surface area contributed by atoms with Gasteiger partial charge in [-0.25, -0.2) is 4.98 Å².